The van der Waals surface area contributed by atoms with Gasteiger partial charge in [0.1, 0.15) is 5.82 Å². The van der Waals surface area contributed by atoms with E-state index in [0.29, 0.717) is 13.0 Å². The lowest BCUT2D eigenvalue weighted by molar-refractivity contribution is -0.134. The first kappa shape index (κ1) is 23.4. The van der Waals surface area contributed by atoms with Gasteiger partial charge in [-0.2, -0.15) is 5.10 Å². The molecule has 2 heterocycles. The standard InChI is InChI=1S/C29H31FN4O/c1-22-6-5-9-25(18-22)27-19-28(24-10-12-26(30)13-11-24)34(31-27)29(35)21-33-16-14-32(15-17-33)20-23-7-3-2-4-8-23/h2-13,18,28H,14-17,19-21H2,1H3/t28-/m0/s1. The topological polar surface area (TPSA) is 39.2 Å². The summed E-state index contributed by atoms with van der Waals surface area (Å²) in [5.74, 6) is -0.295. The number of carbonyl (C=O) groups is 1. The van der Waals surface area contributed by atoms with Crippen molar-refractivity contribution in [1.29, 1.82) is 0 Å². The normalized spacial score (nSPS) is 19.1. The molecule has 1 fully saturated rings. The van der Waals surface area contributed by atoms with Crippen LogP contribution in [-0.2, 0) is 11.3 Å². The van der Waals surface area contributed by atoms with Gasteiger partial charge in [-0.3, -0.25) is 14.6 Å². The van der Waals surface area contributed by atoms with E-state index in [9.17, 15) is 9.18 Å². The molecule has 5 nitrogen and oxygen atoms in total. The summed E-state index contributed by atoms with van der Waals surface area (Å²) in [7, 11) is 0. The maximum Gasteiger partial charge on any atom is 0.257 e. The number of aryl methyl sites for hydroxylation is 1. The van der Waals surface area contributed by atoms with Crippen LogP contribution in [0.5, 0.6) is 0 Å². The summed E-state index contributed by atoms with van der Waals surface area (Å²) >= 11 is 0. The number of piperazine rings is 1. The number of benzene rings is 3. The van der Waals surface area contributed by atoms with Crippen LogP contribution in [0, 0.1) is 12.7 Å². The molecule has 35 heavy (non-hydrogen) atoms. The smallest absolute Gasteiger partial charge is 0.257 e. The summed E-state index contributed by atoms with van der Waals surface area (Å²) in [5.41, 5.74) is 5.29. The van der Waals surface area contributed by atoms with Crippen LogP contribution >= 0.6 is 0 Å². The Morgan fingerprint density at radius 1 is 0.914 bits per heavy atom. The number of carbonyl (C=O) groups excluding carboxylic acids is 1. The second kappa shape index (κ2) is 10.5. The first-order valence-corrected chi connectivity index (χ1v) is 12.3. The molecule has 0 unspecified atom stereocenters. The Morgan fingerprint density at radius 2 is 1.63 bits per heavy atom. The molecule has 1 saturated heterocycles. The number of hydrogen-bond acceptors (Lipinski definition) is 4. The number of hydrazone groups is 1. The van der Waals surface area contributed by atoms with E-state index in [0.717, 1.165) is 55.1 Å². The van der Waals surface area contributed by atoms with E-state index in [1.54, 1.807) is 17.1 Å². The lowest BCUT2D eigenvalue weighted by Crippen LogP contribution is -2.49. The van der Waals surface area contributed by atoms with Crippen molar-refractivity contribution in [2.24, 2.45) is 5.10 Å². The van der Waals surface area contributed by atoms with Crippen LogP contribution in [0.2, 0.25) is 0 Å². The van der Waals surface area contributed by atoms with E-state index in [1.165, 1.54) is 17.7 Å². The van der Waals surface area contributed by atoms with E-state index in [4.69, 9.17) is 5.10 Å². The Labute approximate surface area is 206 Å². The zero-order valence-corrected chi connectivity index (χ0v) is 20.1. The fraction of sp³-hybridized carbons (Fsp3) is 0.310. The number of nitrogens with zero attached hydrogens (tertiary/aromatic N) is 4. The monoisotopic (exact) mass is 470 g/mol. The molecular formula is C29H31FN4O. The van der Waals surface area contributed by atoms with Gasteiger partial charge >= 0.3 is 0 Å². The molecule has 5 rings (SSSR count). The Morgan fingerprint density at radius 3 is 2.34 bits per heavy atom. The molecular weight excluding hydrogens is 439 g/mol. The fourth-order valence-corrected chi connectivity index (χ4v) is 4.89. The highest BCUT2D eigenvalue weighted by Crippen LogP contribution is 2.33. The predicted octanol–water partition coefficient (Wildman–Crippen LogP) is 4.63. The van der Waals surface area contributed by atoms with Crippen molar-refractivity contribution in [2.75, 3.05) is 32.7 Å². The van der Waals surface area contributed by atoms with Crippen LogP contribution in [0.3, 0.4) is 0 Å². The summed E-state index contributed by atoms with van der Waals surface area (Å²) in [4.78, 5) is 18.1. The molecule has 1 amide bonds. The number of halogens is 1. The summed E-state index contributed by atoms with van der Waals surface area (Å²) < 4.78 is 13.6. The van der Waals surface area contributed by atoms with Crippen molar-refractivity contribution in [1.82, 2.24) is 14.8 Å². The minimum atomic E-state index is -0.280. The first-order chi connectivity index (χ1) is 17.0. The highest BCUT2D eigenvalue weighted by Gasteiger charge is 2.34. The van der Waals surface area contributed by atoms with Crippen molar-refractivity contribution in [2.45, 2.75) is 25.9 Å². The highest BCUT2D eigenvalue weighted by atomic mass is 19.1. The third-order valence-corrected chi connectivity index (χ3v) is 6.84. The Balaban J connectivity index is 1.27. The van der Waals surface area contributed by atoms with Gasteiger partial charge in [0.2, 0.25) is 0 Å². The third-order valence-electron chi connectivity index (χ3n) is 6.84. The molecule has 6 heteroatoms. The second-order valence-electron chi connectivity index (χ2n) is 9.46. The Hall–Kier alpha value is -3.35. The molecule has 0 spiro atoms. The summed E-state index contributed by atoms with van der Waals surface area (Å²) in [6, 6.07) is 24.9. The third kappa shape index (κ3) is 5.66. The SMILES string of the molecule is Cc1cccc(C2=NN(C(=O)CN3CCN(Cc4ccccc4)CC3)[C@H](c3ccc(F)cc3)C2)c1. The van der Waals surface area contributed by atoms with Crippen molar-refractivity contribution in [3.05, 3.63) is 107 Å². The van der Waals surface area contributed by atoms with Crippen LogP contribution in [-0.4, -0.2) is 59.2 Å². The average molecular weight is 471 g/mol. The fourth-order valence-electron chi connectivity index (χ4n) is 4.89. The van der Waals surface area contributed by atoms with Crippen LogP contribution in [0.15, 0.2) is 84.0 Å². The minimum Gasteiger partial charge on any atom is -0.297 e. The van der Waals surface area contributed by atoms with Gasteiger partial charge in [-0.15, -0.1) is 0 Å². The zero-order chi connectivity index (χ0) is 24.2. The van der Waals surface area contributed by atoms with Crippen LogP contribution in [0.25, 0.3) is 0 Å². The number of rotatable bonds is 6. The van der Waals surface area contributed by atoms with Gasteiger partial charge in [-0.1, -0.05) is 72.3 Å². The van der Waals surface area contributed by atoms with E-state index in [-0.39, 0.29) is 17.8 Å². The average Bonchev–Trinajstić information content (AvgIpc) is 3.32. The van der Waals surface area contributed by atoms with Gasteiger partial charge in [0.15, 0.2) is 0 Å². The molecule has 3 aromatic rings. The van der Waals surface area contributed by atoms with Crippen molar-refractivity contribution >= 4 is 11.6 Å². The molecule has 0 aliphatic carbocycles. The molecule has 0 radical (unpaired) electrons. The van der Waals surface area contributed by atoms with Crippen LogP contribution in [0.4, 0.5) is 4.39 Å². The molecule has 1 atom stereocenters. The van der Waals surface area contributed by atoms with Gasteiger partial charge in [-0.25, -0.2) is 9.40 Å². The van der Waals surface area contributed by atoms with E-state index in [2.05, 4.69) is 53.1 Å². The first-order valence-electron chi connectivity index (χ1n) is 12.3. The van der Waals surface area contributed by atoms with Gasteiger partial charge in [0.05, 0.1) is 18.3 Å². The summed E-state index contributed by atoms with van der Waals surface area (Å²) in [6.45, 7) is 6.89. The molecule has 180 valence electrons. The minimum absolute atomic E-state index is 0.0153. The van der Waals surface area contributed by atoms with E-state index >= 15 is 0 Å². The predicted molar refractivity (Wildman–Crippen MR) is 136 cm³/mol. The molecule has 0 aromatic heterocycles. The maximum absolute atomic E-state index is 13.6. The van der Waals surface area contributed by atoms with Gasteiger partial charge in [-0.05, 0) is 35.7 Å². The second-order valence-corrected chi connectivity index (χ2v) is 9.46. The highest BCUT2D eigenvalue weighted by molar-refractivity contribution is 6.03. The zero-order valence-electron chi connectivity index (χ0n) is 20.1. The maximum atomic E-state index is 13.6. The quantitative estimate of drug-likeness (QED) is 0.527. The lowest BCUT2D eigenvalue weighted by Gasteiger charge is -2.35. The largest absolute Gasteiger partial charge is 0.297 e. The van der Waals surface area contributed by atoms with Crippen LogP contribution < -0.4 is 0 Å². The van der Waals surface area contributed by atoms with E-state index < -0.39 is 0 Å². The number of hydrogen-bond donors (Lipinski definition) is 0. The van der Waals surface area contributed by atoms with Crippen molar-refractivity contribution < 1.29 is 9.18 Å². The van der Waals surface area contributed by atoms with Crippen molar-refractivity contribution in [3.63, 3.8) is 0 Å². The molecule has 0 saturated carbocycles. The van der Waals surface area contributed by atoms with Gasteiger partial charge < -0.3 is 0 Å². The van der Waals surface area contributed by atoms with Crippen molar-refractivity contribution in [3.8, 4) is 0 Å². The van der Waals surface area contributed by atoms with Gasteiger partial charge in [0, 0.05) is 39.1 Å². The van der Waals surface area contributed by atoms with Crippen LogP contribution in [0.1, 0.15) is 34.7 Å². The molecule has 0 N–H and O–H groups in total. The molecule has 3 aromatic carbocycles. The Bertz CT molecular complexity index is 1190. The Kier molecular flexibility index (Phi) is 7.02. The summed E-state index contributed by atoms with van der Waals surface area (Å²) in [5, 5.41) is 6.41. The molecule has 2 aliphatic rings. The van der Waals surface area contributed by atoms with Gasteiger partial charge in [0.25, 0.3) is 5.91 Å². The van der Waals surface area contributed by atoms with E-state index in [1.807, 2.05) is 18.2 Å². The summed E-state index contributed by atoms with van der Waals surface area (Å²) in [6.07, 6.45) is 0.617. The lowest BCUT2D eigenvalue weighted by atomic mass is 9.97. The number of amides is 1. The molecule has 0 bridgehead atoms. The molecule has 2 aliphatic heterocycles.